The van der Waals surface area contributed by atoms with Crippen LogP contribution < -0.4 is 5.56 Å². The van der Waals surface area contributed by atoms with Gasteiger partial charge in [0.15, 0.2) is 5.82 Å². The van der Waals surface area contributed by atoms with Gasteiger partial charge in [0.25, 0.3) is 5.56 Å². The summed E-state index contributed by atoms with van der Waals surface area (Å²) in [5.41, 5.74) is 2.03. The zero-order valence-corrected chi connectivity index (χ0v) is 14.5. The molecule has 24 heavy (non-hydrogen) atoms. The number of hydrogen-bond acceptors (Lipinski definition) is 4. The van der Waals surface area contributed by atoms with Crippen molar-refractivity contribution in [2.45, 2.75) is 13.8 Å². The number of rotatable bonds is 3. The SMILES string of the molecule is Cc1ccc(C=C(Cl)c2nc3sc(C(=O)O)c(C)c3c(=O)[nH]2)cc1. The molecule has 2 heterocycles. The molecule has 0 atom stereocenters. The van der Waals surface area contributed by atoms with Gasteiger partial charge in [-0.1, -0.05) is 41.4 Å². The molecule has 0 aliphatic rings. The molecule has 0 amide bonds. The van der Waals surface area contributed by atoms with Crippen molar-refractivity contribution in [2.24, 2.45) is 0 Å². The van der Waals surface area contributed by atoms with Crippen molar-refractivity contribution in [3.8, 4) is 0 Å². The number of nitrogens with zero attached hydrogens (tertiary/aromatic N) is 1. The van der Waals surface area contributed by atoms with Crippen LogP contribution in [-0.4, -0.2) is 21.0 Å². The molecule has 3 rings (SSSR count). The first-order chi connectivity index (χ1) is 11.4. The molecular weight excluding hydrogens is 348 g/mol. The molecule has 0 saturated carbocycles. The normalized spacial score (nSPS) is 11.9. The molecule has 0 spiro atoms. The predicted molar refractivity (Wildman–Crippen MR) is 96.8 cm³/mol. The fraction of sp³-hybridized carbons (Fsp3) is 0.118. The van der Waals surface area contributed by atoms with E-state index in [0.29, 0.717) is 15.8 Å². The van der Waals surface area contributed by atoms with Crippen LogP contribution in [0.1, 0.15) is 32.2 Å². The standard InChI is InChI=1S/C17H13ClN2O3S/c1-8-3-5-10(6-4-8)7-11(18)14-19-15(21)12-9(2)13(17(22)23)24-16(12)20-14/h3-7H,1-2H3,(H,22,23)(H,19,20,21). The summed E-state index contributed by atoms with van der Waals surface area (Å²) in [5.74, 6) is -0.856. The summed E-state index contributed by atoms with van der Waals surface area (Å²) in [6.45, 7) is 3.59. The van der Waals surface area contributed by atoms with E-state index >= 15 is 0 Å². The van der Waals surface area contributed by atoms with Crippen molar-refractivity contribution in [1.29, 1.82) is 0 Å². The van der Waals surface area contributed by atoms with E-state index in [1.54, 1.807) is 13.0 Å². The van der Waals surface area contributed by atoms with E-state index in [9.17, 15) is 14.7 Å². The van der Waals surface area contributed by atoms with Gasteiger partial charge >= 0.3 is 5.97 Å². The van der Waals surface area contributed by atoms with Gasteiger partial charge in [-0.15, -0.1) is 11.3 Å². The molecule has 0 aliphatic heterocycles. The second-order valence-corrected chi connectivity index (χ2v) is 6.77. The zero-order valence-electron chi connectivity index (χ0n) is 12.9. The monoisotopic (exact) mass is 360 g/mol. The number of nitrogens with one attached hydrogen (secondary N) is 1. The minimum absolute atomic E-state index is 0.110. The molecule has 2 N–H and O–H groups in total. The molecule has 5 nitrogen and oxygen atoms in total. The number of fused-ring (bicyclic) bond motifs is 1. The first-order valence-electron chi connectivity index (χ1n) is 7.08. The van der Waals surface area contributed by atoms with Crippen LogP contribution in [0.25, 0.3) is 21.3 Å². The van der Waals surface area contributed by atoms with Crippen LogP contribution in [0.5, 0.6) is 0 Å². The third kappa shape index (κ3) is 2.98. The van der Waals surface area contributed by atoms with Gasteiger partial charge in [-0.05, 0) is 31.1 Å². The number of carboxylic acid groups (broad SMARTS) is 1. The summed E-state index contributed by atoms with van der Waals surface area (Å²) < 4.78 is 0. The van der Waals surface area contributed by atoms with E-state index in [-0.39, 0.29) is 15.7 Å². The number of benzene rings is 1. The van der Waals surface area contributed by atoms with Gasteiger partial charge in [0.05, 0.1) is 10.4 Å². The van der Waals surface area contributed by atoms with Gasteiger partial charge < -0.3 is 10.1 Å². The number of carboxylic acids is 1. The average Bonchev–Trinajstić information content (AvgIpc) is 2.87. The van der Waals surface area contributed by atoms with Crippen LogP contribution in [0.2, 0.25) is 0 Å². The molecule has 122 valence electrons. The molecule has 0 saturated heterocycles. The van der Waals surface area contributed by atoms with Crippen molar-refractivity contribution in [1.82, 2.24) is 9.97 Å². The summed E-state index contributed by atoms with van der Waals surface area (Å²) in [6, 6.07) is 7.73. The molecule has 0 radical (unpaired) electrons. The summed E-state index contributed by atoms with van der Waals surface area (Å²) in [6.07, 6.45) is 1.70. The zero-order chi connectivity index (χ0) is 17.4. The Balaban J connectivity index is 2.11. The van der Waals surface area contributed by atoms with Gasteiger partial charge in [-0.3, -0.25) is 4.79 Å². The average molecular weight is 361 g/mol. The Bertz CT molecular complexity index is 1030. The van der Waals surface area contributed by atoms with Crippen LogP contribution in [0.3, 0.4) is 0 Å². The highest BCUT2D eigenvalue weighted by molar-refractivity contribution is 7.20. The predicted octanol–water partition coefficient (Wildman–Crippen LogP) is 4.04. The number of aromatic amines is 1. The second-order valence-electron chi connectivity index (χ2n) is 5.36. The molecule has 0 aliphatic carbocycles. The van der Waals surface area contributed by atoms with E-state index in [1.807, 2.05) is 31.2 Å². The first-order valence-corrected chi connectivity index (χ1v) is 8.27. The number of aromatic carboxylic acids is 1. The van der Waals surface area contributed by atoms with Crippen molar-refractivity contribution in [2.75, 3.05) is 0 Å². The van der Waals surface area contributed by atoms with E-state index in [0.717, 1.165) is 22.5 Å². The number of halogens is 1. The van der Waals surface area contributed by atoms with Crippen LogP contribution in [0.4, 0.5) is 0 Å². The molecule has 1 aromatic carbocycles. The minimum atomic E-state index is -1.07. The van der Waals surface area contributed by atoms with Crippen molar-refractivity contribution in [3.63, 3.8) is 0 Å². The number of aromatic nitrogens is 2. The maximum Gasteiger partial charge on any atom is 0.346 e. The van der Waals surface area contributed by atoms with Crippen LogP contribution in [-0.2, 0) is 0 Å². The smallest absolute Gasteiger partial charge is 0.346 e. The number of thiophene rings is 1. The third-order valence-corrected chi connectivity index (χ3v) is 5.05. The lowest BCUT2D eigenvalue weighted by molar-refractivity contribution is 0.0701. The van der Waals surface area contributed by atoms with Crippen molar-refractivity contribution in [3.05, 3.63) is 62.0 Å². The van der Waals surface area contributed by atoms with Gasteiger partial charge in [0.1, 0.15) is 9.71 Å². The lowest BCUT2D eigenvalue weighted by atomic mass is 10.1. The Hall–Kier alpha value is -2.44. The fourth-order valence-electron chi connectivity index (χ4n) is 2.34. The number of H-pyrrole nitrogens is 1. The Kier molecular flexibility index (Phi) is 4.26. The number of carbonyl (C=O) groups is 1. The first kappa shape index (κ1) is 16.4. The lowest BCUT2D eigenvalue weighted by Gasteiger charge is -2.01. The van der Waals surface area contributed by atoms with Crippen LogP contribution in [0, 0.1) is 13.8 Å². The maximum atomic E-state index is 12.3. The summed E-state index contributed by atoms with van der Waals surface area (Å²) in [5, 5.41) is 9.76. The molecular formula is C17H13ClN2O3S. The van der Waals surface area contributed by atoms with Gasteiger partial charge in [-0.2, -0.15) is 0 Å². The van der Waals surface area contributed by atoms with Gasteiger partial charge in [-0.25, -0.2) is 9.78 Å². The molecule has 3 aromatic rings. The molecule has 2 aromatic heterocycles. The van der Waals surface area contributed by atoms with E-state index in [4.69, 9.17) is 11.6 Å². The van der Waals surface area contributed by atoms with Crippen LogP contribution >= 0.6 is 22.9 Å². The summed E-state index contributed by atoms with van der Waals surface area (Å²) in [7, 11) is 0. The van der Waals surface area contributed by atoms with E-state index in [1.165, 1.54) is 0 Å². The molecule has 0 unspecified atom stereocenters. The summed E-state index contributed by atoms with van der Waals surface area (Å²) >= 11 is 7.25. The van der Waals surface area contributed by atoms with Crippen molar-refractivity contribution >= 4 is 50.2 Å². The fourth-order valence-corrected chi connectivity index (χ4v) is 3.57. The highest BCUT2D eigenvalue weighted by atomic mass is 35.5. The summed E-state index contributed by atoms with van der Waals surface area (Å²) in [4.78, 5) is 30.9. The lowest BCUT2D eigenvalue weighted by Crippen LogP contribution is -2.10. The maximum absolute atomic E-state index is 12.3. The van der Waals surface area contributed by atoms with Gasteiger partial charge in [0, 0.05) is 0 Å². The quantitative estimate of drug-likeness (QED) is 0.738. The number of aryl methyl sites for hydroxylation is 2. The topological polar surface area (TPSA) is 83.0 Å². The Morgan fingerprint density at radius 2 is 1.96 bits per heavy atom. The molecule has 7 heteroatoms. The van der Waals surface area contributed by atoms with Crippen molar-refractivity contribution < 1.29 is 9.90 Å². The number of hydrogen-bond donors (Lipinski definition) is 2. The highest BCUT2D eigenvalue weighted by Crippen LogP contribution is 2.28. The minimum Gasteiger partial charge on any atom is -0.477 e. The van der Waals surface area contributed by atoms with E-state index in [2.05, 4.69) is 9.97 Å². The second kappa shape index (κ2) is 6.22. The largest absolute Gasteiger partial charge is 0.477 e. The Labute approximate surface area is 146 Å². The molecule has 0 bridgehead atoms. The van der Waals surface area contributed by atoms with Crippen LogP contribution in [0.15, 0.2) is 29.1 Å². The molecule has 0 fully saturated rings. The Morgan fingerprint density at radius 3 is 2.58 bits per heavy atom. The third-order valence-electron chi connectivity index (χ3n) is 3.59. The Morgan fingerprint density at radius 1 is 1.29 bits per heavy atom. The highest BCUT2D eigenvalue weighted by Gasteiger charge is 2.19. The van der Waals surface area contributed by atoms with Gasteiger partial charge in [0.2, 0.25) is 0 Å². The van der Waals surface area contributed by atoms with E-state index < -0.39 is 11.5 Å².